The van der Waals surface area contributed by atoms with E-state index in [0.29, 0.717) is 13.1 Å². The Morgan fingerprint density at radius 3 is 2.73 bits per heavy atom. The summed E-state index contributed by atoms with van der Waals surface area (Å²) in [7, 11) is 1.74. The van der Waals surface area contributed by atoms with Crippen molar-refractivity contribution in [3.63, 3.8) is 0 Å². The number of likely N-dealkylation sites (N-methyl/N-ethyl adjacent to an activating group) is 1. The summed E-state index contributed by atoms with van der Waals surface area (Å²) in [6.07, 6.45) is -0.342. The van der Waals surface area contributed by atoms with Crippen molar-refractivity contribution in [1.29, 1.82) is 0 Å². The lowest BCUT2D eigenvalue weighted by molar-refractivity contribution is 0.0984. The average molecular weight is 212 g/mol. The summed E-state index contributed by atoms with van der Waals surface area (Å²) in [6.45, 7) is 5.36. The van der Waals surface area contributed by atoms with Crippen molar-refractivity contribution in [2.24, 2.45) is 10.3 Å². The van der Waals surface area contributed by atoms with Crippen molar-refractivity contribution in [2.45, 2.75) is 32.0 Å². The Morgan fingerprint density at radius 1 is 1.53 bits per heavy atom. The Bertz CT molecular complexity index is 294. The van der Waals surface area contributed by atoms with E-state index in [4.69, 9.17) is 4.74 Å². The van der Waals surface area contributed by atoms with Crippen LogP contribution in [0.5, 0.6) is 0 Å². The summed E-state index contributed by atoms with van der Waals surface area (Å²) >= 11 is 0. The van der Waals surface area contributed by atoms with Gasteiger partial charge in [0.25, 0.3) is 0 Å². The molecule has 84 valence electrons. The first-order valence-corrected chi connectivity index (χ1v) is 5.17. The standard InChI is InChI=1S/C9H16N4O2/c1-6-7(2)13(11-10-6)5-8-4-12(3)9(14)15-8/h6-8H,4-5H2,1-3H3. The van der Waals surface area contributed by atoms with Crippen molar-refractivity contribution >= 4 is 6.09 Å². The van der Waals surface area contributed by atoms with Crippen molar-refractivity contribution in [3.05, 3.63) is 0 Å². The van der Waals surface area contributed by atoms with Gasteiger partial charge in [0.1, 0.15) is 6.10 Å². The van der Waals surface area contributed by atoms with E-state index in [1.54, 1.807) is 11.9 Å². The Hall–Kier alpha value is -1.33. The molecule has 1 amide bonds. The molecular formula is C9H16N4O2. The summed E-state index contributed by atoms with van der Waals surface area (Å²) in [5.74, 6) is 0. The molecule has 2 aliphatic heterocycles. The smallest absolute Gasteiger partial charge is 0.410 e. The minimum atomic E-state index is -0.253. The highest BCUT2D eigenvalue weighted by Gasteiger charge is 2.33. The van der Waals surface area contributed by atoms with Crippen LogP contribution < -0.4 is 0 Å². The predicted molar refractivity (Wildman–Crippen MR) is 53.4 cm³/mol. The maximum atomic E-state index is 11.1. The van der Waals surface area contributed by atoms with Crippen molar-refractivity contribution in [2.75, 3.05) is 20.1 Å². The van der Waals surface area contributed by atoms with Gasteiger partial charge in [-0.1, -0.05) is 5.22 Å². The number of hydrogen-bond donors (Lipinski definition) is 0. The molecule has 0 aromatic heterocycles. The zero-order valence-electron chi connectivity index (χ0n) is 9.25. The SMILES string of the molecule is CC1N=NN(CC2CN(C)C(=O)O2)C1C. The van der Waals surface area contributed by atoms with Gasteiger partial charge in [-0.25, -0.2) is 4.79 Å². The van der Waals surface area contributed by atoms with E-state index in [9.17, 15) is 4.79 Å². The quantitative estimate of drug-likeness (QED) is 0.683. The molecule has 0 aromatic carbocycles. The molecule has 1 fully saturated rings. The highest BCUT2D eigenvalue weighted by atomic mass is 16.6. The number of carbonyl (C=O) groups excluding carboxylic acids is 1. The lowest BCUT2D eigenvalue weighted by Gasteiger charge is -2.22. The molecule has 0 bridgehead atoms. The third kappa shape index (κ3) is 1.88. The van der Waals surface area contributed by atoms with Crippen LogP contribution in [0.15, 0.2) is 10.3 Å². The fourth-order valence-corrected chi connectivity index (χ4v) is 1.73. The van der Waals surface area contributed by atoms with Crippen LogP contribution in [0.2, 0.25) is 0 Å². The van der Waals surface area contributed by atoms with Crippen LogP contribution >= 0.6 is 0 Å². The van der Waals surface area contributed by atoms with Crippen LogP contribution in [0.4, 0.5) is 4.79 Å². The van der Waals surface area contributed by atoms with Gasteiger partial charge in [0, 0.05) is 7.05 Å². The highest BCUT2D eigenvalue weighted by Crippen LogP contribution is 2.19. The lowest BCUT2D eigenvalue weighted by Crippen LogP contribution is -2.37. The van der Waals surface area contributed by atoms with Crippen LogP contribution in [0.25, 0.3) is 0 Å². The summed E-state index contributed by atoms with van der Waals surface area (Å²) in [6, 6.07) is 0.509. The second kappa shape index (κ2) is 3.67. The largest absolute Gasteiger partial charge is 0.442 e. The molecule has 2 aliphatic rings. The van der Waals surface area contributed by atoms with Gasteiger partial charge in [-0.05, 0) is 13.8 Å². The molecule has 1 saturated heterocycles. The average Bonchev–Trinajstić information content (AvgIpc) is 2.65. The molecule has 2 heterocycles. The van der Waals surface area contributed by atoms with Crippen LogP contribution in [-0.4, -0.2) is 54.3 Å². The van der Waals surface area contributed by atoms with E-state index in [2.05, 4.69) is 17.3 Å². The molecule has 0 radical (unpaired) electrons. The van der Waals surface area contributed by atoms with Crippen LogP contribution in [-0.2, 0) is 4.74 Å². The van der Waals surface area contributed by atoms with Crippen molar-refractivity contribution in [1.82, 2.24) is 9.91 Å². The van der Waals surface area contributed by atoms with Gasteiger partial charge in [-0.15, -0.1) is 0 Å². The number of cyclic esters (lactones) is 1. The van der Waals surface area contributed by atoms with Crippen molar-refractivity contribution in [3.8, 4) is 0 Å². The fraction of sp³-hybridized carbons (Fsp3) is 0.889. The highest BCUT2D eigenvalue weighted by molar-refractivity contribution is 5.69. The number of nitrogens with zero attached hydrogens (tertiary/aromatic N) is 4. The number of carbonyl (C=O) groups is 1. The summed E-state index contributed by atoms with van der Waals surface area (Å²) in [5.41, 5.74) is 0. The number of amides is 1. The van der Waals surface area contributed by atoms with Gasteiger partial charge in [-0.3, -0.25) is 5.01 Å². The first kappa shape index (κ1) is 10.2. The molecule has 0 aliphatic carbocycles. The monoisotopic (exact) mass is 212 g/mol. The molecule has 6 heteroatoms. The summed E-state index contributed by atoms with van der Waals surface area (Å²) in [4.78, 5) is 12.7. The first-order chi connectivity index (χ1) is 7.08. The van der Waals surface area contributed by atoms with Crippen LogP contribution in [0.1, 0.15) is 13.8 Å². The number of rotatable bonds is 2. The van der Waals surface area contributed by atoms with Gasteiger partial charge in [0.05, 0.1) is 25.2 Å². The Morgan fingerprint density at radius 2 is 2.27 bits per heavy atom. The van der Waals surface area contributed by atoms with Gasteiger partial charge in [0.15, 0.2) is 0 Å². The minimum absolute atomic E-state index is 0.0887. The molecule has 15 heavy (non-hydrogen) atoms. The molecule has 3 unspecified atom stereocenters. The summed E-state index contributed by atoms with van der Waals surface area (Å²) < 4.78 is 5.16. The van der Waals surface area contributed by atoms with E-state index in [1.807, 2.05) is 11.9 Å². The zero-order valence-corrected chi connectivity index (χ0v) is 9.25. The lowest BCUT2D eigenvalue weighted by atomic mass is 10.2. The second-order valence-electron chi connectivity index (χ2n) is 4.19. The van der Waals surface area contributed by atoms with E-state index in [1.165, 1.54) is 0 Å². The number of hydrogen-bond acceptors (Lipinski definition) is 5. The Labute approximate surface area is 88.9 Å². The molecule has 2 rings (SSSR count). The van der Waals surface area contributed by atoms with Gasteiger partial charge in [-0.2, -0.15) is 5.11 Å². The second-order valence-corrected chi connectivity index (χ2v) is 4.19. The normalized spacial score (nSPS) is 35.1. The van der Waals surface area contributed by atoms with Crippen LogP contribution in [0, 0.1) is 0 Å². The van der Waals surface area contributed by atoms with E-state index < -0.39 is 0 Å². The topological polar surface area (TPSA) is 57.5 Å². The first-order valence-electron chi connectivity index (χ1n) is 5.17. The van der Waals surface area contributed by atoms with E-state index >= 15 is 0 Å². The molecule has 0 spiro atoms. The maximum Gasteiger partial charge on any atom is 0.410 e. The van der Waals surface area contributed by atoms with Gasteiger partial charge >= 0.3 is 6.09 Å². The third-order valence-corrected chi connectivity index (χ3v) is 2.96. The third-order valence-electron chi connectivity index (χ3n) is 2.96. The number of ether oxygens (including phenoxy) is 1. The minimum Gasteiger partial charge on any atom is -0.442 e. The fourth-order valence-electron chi connectivity index (χ4n) is 1.73. The molecule has 3 atom stereocenters. The molecule has 6 nitrogen and oxygen atoms in total. The van der Waals surface area contributed by atoms with Gasteiger partial charge < -0.3 is 9.64 Å². The molecule has 0 saturated carbocycles. The Balaban J connectivity index is 1.89. The summed E-state index contributed by atoms with van der Waals surface area (Å²) in [5, 5.41) is 10.0. The predicted octanol–water partition coefficient (Wildman–Crippen LogP) is 0.897. The molecule has 0 N–H and O–H groups in total. The molecular weight excluding hydrogens is 196 g/mol. The Kier molecular flexibility index (Phi) is 2.50. The van der Waals surface area contributed by atoms with Crippen molar-refractivity contribution < 1.29 is 9.53 Å². The maximum absolute atomic E-state index is 11.1. The van der Waals surface area contributed by atoms with E-state index in [-0.39, 0.29) is 24.3 Å². The zero-order chi connectivity index (χ0) is 11.0. The van der Waals surface area contributed by atoms with E-state index in [0.717, 1.165) is 0 Å². The van der Waals surface area contributed by atoms with Crippen LogP contribution in [0.3, 0.4) is 0 Å². The van der Waals surface area contributed by atoms with Gasteiger partial charge in [0.2, 0.25) is 0 Å². The molecule has 0 aromatic rings.